The van der Waals surface area contributed by atoms with Crippen molar-refractivity contribution < 1.29 is 4.42 Å². The fourth-order valence-corrected chi connectivity index (χ4v) is 10.9. The van der Waals surface area contributed by atoms with Crippen molar-refractivity contribution in [2.45, 2.75) is 38.0 Å². The summed E-state index contributed by atoms with van der Waals surface area (Å²) in [6, 6.07) is 56.5. The first kappa shape index (κ1) is 31.0. The first-order valence-electron chi connectivity index (χ1n) is 19.7. The van der Waals surface area contributed by atoms with E-state index in [4.69, 9.17) is 4.42 Å². The number of fused-ring (bicyclic) bond motifs is 15. The van der Waals surface area contributed by atoms with Crippen LogP contribution in [0.25, 0.3) is 49.8 Å². The zero-order chi connectivity index (χ0) is 36.6. The quantitative estimate of drug-likeness (QED) is 0.182. The van der Waals surface area contributed by atoms with Gasteiger partial charge in [0, 0.05) is 27.6 Å². The normalized spacial score (nSPS) is 17.6. The van der Waals surface area contributed by atoms with E-state index in [-0.39, 0.29) is 10.8 Å². The number of benzene rings is 7. The molecule has 2 heteroatoms. The average Bonchev–Trinajstić information content (AvgIpc) is 3.91. The van der Waals surface area contributed by atoms with Gasteiger partial charge in [-0.1, -0.05) is 148 Å². The third kappa shape index (κ3) is 3.89. The number of nitrogens with zero attached hydrogens (tertiary/aromatic N) is 1. The van der Waals surface area contributed by atoms with Gasteiger partial charge in [-0.15, -0.1) is 0 Å². The summed E-state index contributed by atoms with van der Waals surface area (Å²) in [7, 11) is 0. The van der Waals surface area contributed by atoms with Gasteiger partial charge in [0.25, 0.3) is 0 Å². The Labute approximate surface area is 321 Å². The Balaban J connectivity index is 1.12. The van der Waals surface area contributed by atoms with Crippen molar-refractivity contribution in [2.75, 3.05) is 4.90 Å². The minimum absolute atomic E-state index is 0.102. The number of allylic oxidation sites excluding steroid dienone is 4. The zero-order valence-electron chi connectivity index (χ0n) is 31.2. The van der Waals surface area contributed by atoms with Gasteiger partial charge < -0.3 is 9.32 Å². The highest BCUT2D eigenvalue weighted by atomic mass is 16.3. The van der Waals surface area contributed by atoms with Gasteiger partial charge >= 0.3 is 0 Å². The fraction of sp³-hybridized carbons (Fsp3) is 0.132. The molecule has 2 nitrogen and oxygen atoms in total. The summed E-state index contributed by atoms with van der Waals surface area (Å²) in [4.78, 5) is 2.45. The van der Waals surface area contributed by atoms with Gasteiger partial charge in [0.05, 0.1) is 11.1 Å². The average molecular weight is 706 g/mol. The second-order valence-electron chi connectivity index (χ2n) is 16.4. The number of hydrogen-bond donors (Lipinski definition) is 0. The lowest BCUT2D eigenvalue weighted by Crippen LogP contribution is -2.25. The fourth-order valence-electron chi connectivity index (χ4n) is 10.9. The molecule has 12 rings (SSSR count). The molecule has 0 aliphatic heterocycles. The Bertz CT molecular complexity index is 2980. The van der Waals surface area contributed by atoms with E-state index >= 15 is 0 Å². The van der Waals surface area contributed by atoms with E-state index < -0.39 is 0 Å². The lowest BCUT2D eigenvalue weighted by atomic mass is 9.70. The van der Waals surface area contributed by atoms with Crippen molar-refractivity contribution in [2.24, 2.45) is 5.92 Å². The van der Waals surface area contributed by atoms with Crippen molar-refractivity contribution >= 4 is 44.6 Å². The molecule has 1 aromatic heterocycles. The van der Waals surface area contributed by atoms with Crippen LogP contribution in [-0.2, 0) is 10.8 Å². The highest BCUT2D eigenvalue weighted by Crippen LogP contribution is 2.63. The molecular weight excluding hydrogens is 667 g/mol. The van der Waals surface area contributed by atoms with E-state index in [1.165, 1.54) is 66.8 Å². The van der Waals surface area contributed by atoms with E-state index in [1.54, 1.807) is 0 Å². The molecule has 55 heavy (non-hydrogen) atoms. The van der Waals surface area contributed by atoms with E-state index in [0.717, 1.165) is 45.4 Å². The standard InChI is InChI=1S/C53H39NO/c1-32-14-12-23-46-50(32)40-28-26-34(31-47(40)52(46,2)3)54(48-24-13-19-39-38-18-7-11-25-49(38)55-51(39)48)33-27-29-45-41(30-33)37-17-6-10-22-44(37)53(45)42-20-8-4-15-35(42)36-16-5-9-21-43(36)53/h4-13,15-32H,14H2,1-3H3. The molecule has 0 saturated carbocycles. The molecule has 0 saturated heterocycles. The summed E-state index contributed by atoms with van der Waals surface area (Å²) in [5.41, 5.74) is 21.0. The van der Waals surface area contributed by atoms with Gasteiger partial charge in [-0.3, -0.25) is 0 Å². The predicted octanol–water partition coefficient (Wildman–Crippen LogP) is 14.0. The van der Waals surface area contributed by atoms with Crippen molar-refractivity contribution in [3.63, 3.8) is 0 Å². The monoisotopic (exact) mass is 705 g/mol. The largest absolute Gasteiger partial charge is 0.454 e. The molecule has 8 aromatic rings. The van der Waals surface area contributed by atoms with Gasteiger partial charge in [0.1, 0.15) is 5.58 Å². The van der Waals surface area contributed by atoms with Crippen LogP contribution >= 0.6 is 0 Å². The maximum atomic E-state index is 6.78. The summed E-state index contributed by atoms with van der Waals surface area (Å²) >= 11 is 0. The van der Waals surface area contributed by atoms with Crippen molar-refractivity contribution in [1.29, 1.82) is 0 Å². The molecule has 0 N–H and O–H groups in total. The van der Waals surface area contributed by atoms with Crippen LogP contribution in [0.2, 0.25) is 0 Å². The third-order valence-electron chi connectivity index (χ3n) is 13.3. The molecule has 1 spiro atoms. The van der Waals surface area contributed by atoms with E-state index in [1.807, 2.05) is 0 Å². The Hall–Kier alpha value is -6.38. The van der Waals surface area contributed by atoms with Crippen LogP contribution < -0.4 is 4.90 Å². The Kier molecular flexibility index (Phi) is 6.12. The molecule has 4 aliphatic rings. The molecule has 1 heterocycles. The molecule has 1 unspecified atom stereocenters. The number of furan rings is 1. The van der Waals surface area contributed by atoms with Crippen LogP contribution in [0.15, 0.2) is 174 Å². The van der Waals surface area contributed by atoms with Crippen molar-refractivity contribution in [1.82, 2.24) is 0 Å². The number of rotatable bonds is 3. The Morgan fingerprint density at radius 3 is 1.89 bits per heavy atom. The smallest absolute Gasteiger partial charge is 0.159 e. The lowest BCUT2D eigenvalue weighted by Gasteiger charge is -2.31. The van der Waals surface area contributed by atoms with Crippen LogP contribution in [0.3, 0.4) is 0 Å². The van der Waals surface area contributed by atoms with Crippen LogP contribution in [0.5, 0.6) is 0 Å². The van der Waals surface area contributed by atoms with Gasteiger partial charge in [0.2, 0.25) is 0 Å². The van der Waals surface area contributed by atoms with Crippen LogP contribution in [0, 0.1) is 5.92 Å². The first-order valence-corrected chi connectivity index (χ1v) is 19.7. The summed E-state index contributed by atoms with van der Waals surface area (Å²) in [5, 5.41) is 2.26. The topological polar surface area (TPSA) is 16.4 Å². The van der Waals surface area contributed by atoms with Gasteiger partial charge in [0.15, 0.2) is 5.58 Å². The molecule has 0 fully saturated rings. The highest BCUT2D eigenvalue weighted by Gasteiger charge is 2.51. The van der Waals surface area contributed by atoms with E-state index in [0.29, 0.717) is 5.92 Å². The third-order valence-corrected chi connectivity index (χ3v) is 13.3. The molecule has 262 valence electrons. The summed E-state index contributed by atoms with van der Waals surface area (Å²) < 4.78 is 6.78. The number of hydrogen-bond acceptors (Lipinski definition) is 2. The number of para-hydroxylation sites is 2. The second-order valence-corrected chi connectivity index (χ2v) is 16.4. The van der Waals surface area contributed by atoms with Crippen molar-refractivity contribution in [3.8, 4) is 22.3 Å². The van der Waals surface area contributed by atoms with E-state index in [9.17, 15) is 0 Å². The minimum atomic E-state index is -0.381. The summed E-state index contributed by atoms with van der Waals surface area (Å²) in [6.45, 7) is 7.17. The maximum absolute atomic E-state index is 6.78. The maximum Gasteiger partial charge on any atom is 0.159 e. The van der Waals surface area contributed by atoms with Crippen LogP contribution in [0.4, 0.5) is 17.1 Å². The second kappa shape index (κ2) is 10.9. The lowest BCUT2D eigenvalue weighted by molar-refractivity contribution is 0.643. The highest BCUT2D eigenvalue weighted by molar-refractivity contribution is 6.10. The zero-order valence-corrected chi connectivity index (χ0v) is 31.2. The molecular formula is C53H39NO. The van der Waals surface area contributed by atoms with Crippen LogP contribution in [0.1, 0.15) is 60.6 Å². The summed E-state index contributed by atoms with van der Waals surface area (Å²) in [5.74, 6) is 0.502. The summed E-state index contributed by atoms with van der Waals surface area (Å²) in [6.07, 6.45) is 5.83. The Morgan fingerprint density at radius 1 is 0.545 bits per heavy atom. The van der Waals surface area contributed by atoms with Crippen LogP contribution in [-0.4, -0.2) is 0 Å². The molecule has 7 aromatic carbocycles. The molecule has 0 radical (unpaired) electrons. The van der Waals surface area contributed by atoms with Gasteiger partial charge in [-0.25, -0.2) is 0 Å². The number of anilines is 3. The molecule has 4 aliphatic carbocycles. The van der Waals surface area contributed by atoms with E-state index in [2.05, 4.69) is 189 Å². The first-order chi connectivity index (χ1) is 27.0. The minimum Gasteiger partial charge on any atom is -0.454 e. The Morgan fingerprint density at radius 2 is 1.15 bits per heavy atom. The van der Waals surface area contributed by atoms with Gasteiger partial charge in [-0.2, -0.15) is 0 Å². The SMILES string of the molecule is CC1CC=CC2=C1c1ccc(N(c3ccc4c(c3)-c3ccccc3C43c4ccccc4-c4ccccc43)c3cccc4c3oc3ccccc34)cc1C2(C)C. The predicted molar refractivity (Wildman–Crippen MR) is 228 cm³/mol. The molecule has 0 amide bonds. The molecule has 1 atom stereocenters. The molecule has 0 bridgehead atoms. The van der Waals surface area contributed by atoms with Crippen molar-refractivity contribution in [3.05, 3.63) is 203 Å². The van der Waals surface area contributed by atoms with Gasteiger partial charge in [-0.05, 0) is 116 Å².